The van der Waals surface area contributed by atoms with E-state index in [0.717, 1.165) is 87.8 Å². The van der Waals surface area contributed by atoms with Crippen molar-refractivity contribution in [1.82, 2.24) is 8.97 Å². The Balaban J connectivity index is 1.04. The Hall–Kier alpha value is -7.95. The minimum atomic E-state index is 0.0256. The number of nitrogens with zero attached hydrogens (tertiary/aromatic N) is 2. The Bertz CT molecular complexity index is 4220. The predicted octanol–water partition coefficient (Wildman–Crippen LogP) is 14.3. The van der Waals surface area contributed by atoms with Crippen LogP contribution in [0.4, 0.5) is 0 Å². The molecule has 4 aromatic heterocycles. The molecular formula is C55H30N2O2. The number of benzene rings is 10. The molecule has 0 spiro atoms. The van der Waals surface area contributed by atoms with Crippen molar-refractivity contribution >= 4 is 114 Å². The van der Waals surface area contributed by atoms with E-state index in [1.165, 1.54) is 43.1 Å². The third kappa shape index (κ3) is 4.00. The van der Waals surface area contributed by atoms with Gasteiger partial charge in [-0.1, -0.05) is 121 Å². The van der Waals surface area contributed by atoms with Gasteiger partial charge >= 0.3 is 0 Å². The molecule has 4 heterocycles. The minimum absolute atomic E-state index is 0.0256. The van der Waals surface area contributed by atoms with Crippen molar-refractivity contribution in [3.8, 4) is 16.8 Å². The van der Waals surface area contributed by atoms with Gasteiger partial charge in [0, 0.05) is 48.8 Å². The molecule has 0 aliphatic carbocycles. The second-order valence-corrected chi connectivity index (χ2v) is 15.9. The first kappa shape index (κ1) is 31.2. The molecule has 272 valence electrons. The number of pyridine rings is 1. The van der Waals surface area contributed by atoms with Crippen molar-refractivity contribution in [1.29, 1.82) is 0 Å². The molecule has 0 N–H and O–H groups in total. The summed E-state index contributed by atoms with van der Waals surface area (Å²) in [7, 11) is 0. The molecule has 0 saturated heterocycles. The van der Waals surface area contributed by atoms with Crippen LogP contribution in [0.25, 0.3) is 131 Å². The topological polar surface area (TPSA) is 39.5 Å². The van der Waals surface area contributed by atoms with Gasteiger partial charge in [-0.05, 0) is 109 Å². The van der Waals surface area contributed by atoms with Crippen LogP contribution in [0.15, 0.2) is 191 Å². The van der Waals surface area contributed by atoms with Crippen LogP contribution in [0.2, 0.25) is 0 Å². The molecule has 0 radical (unpaired) electrons. The quantitative estimate of drug-likeness (QED) is 0.165. The average molecular weight is 751 g/mol. The van der Waals surface area contributed by atoms with Crippen LogP contribution >= 0.6 is 0 Å². The fourth-order valence-electron chi connectivity index (χ4n) is 10.5. The van der Waals surface area contributed by atoms with E-state index < -0.39 is 0 Å². The summed E-state index contributed by atoms with van der Waals surface area (Å²) in [6, 6.07) is 65.0. The van der Waals surface area contributed by atoms with Crippen LogP contribution in [-0.4, -0.2) is 8.97 Å². The van der Waals surface area contributed by atoms with E-state index in [2.05, 4.69) is 162 Å². The maximum Gasteiger partial charge on any atom is 0.263 e. The molecule has 0 aliphatic rings. The van der Waals surface area contributed by atoms with Gasteiger partial charge < -0.3 is 8.98 Å². The van der Waals surface area contributed by atoms with Crippen molar-refractivity contribution < 1.29 is 4.42 Å². The lowest BCUT2D eigenvalue weighted by molar-refractivity contribution is 0.669. The van der Waals surface area contributed by atoms with E-state index in [9.17, 15) is 4.79 Å². The highest BCUT2D eigenvalue weighted by atomic mass is 16.3. The number of hydrogen-bond donors (Lipinski definition) is 0. The Labute approximate surface area is 335 Å². The van der Waals surface area contributed by atoms with Crippen LogP contribution in [0.1, 0.15) is 0 Å². The van der Waals surface area contributed by atoms with Crippen molar-refractivity contribution in [2.24, 2.45) is 0 Å². The number of fused-ring (bicyclic) bond motifs is 18. The van der Waals surface area contributed by atoms with Crippen molar-refractivity contribution in [3.63, 3.8) is 0 Å². The Morgan fingerprint density at radius 3 is 1.69 bits per heavy atom. The zero-order chi connectivity index (χ0) is 38.5. The SMILES string of the molecule is O=c1c2ccccc2c2cccc3c4cc(-c5ccc6c7ccccc7c7ccc(-n8c9ccccc9c9c%10c(ccc98)oc8ccccc8%10)cc7c6c5)ccc4n1c23. The number of furan rings is 1. The maximum atomic E-state index is 14.0. The van der Waals surface area contributed by atoms with Crippen LogP contribution in [0.5, 0.6) is 0 Å². The number of aromatic nitrogens is 2. The lowest BCUT2D eigenvalue weighted by Gasteiger charge is -2.15. The van der Waals surface area contributed by atoms with E-state index in [1.54, 1.807) is 0 Å². The second-order valence-electron chi connectivity index (χ2n) is 15.9. The average Bonchev–Trinajstić information content (AvgIpc) is 3.96. The van der Waals surface area contributed by atoms with Gasteiger partial charge in [-0.3, -0.25) is 9.20 Å². The summed E-state index contributed by atoms with van der Waals surface area (Å²) in [5.41, 5.74) is 9.41. The van der Waals surface area contributed by atoms with Gasteiger partial charge in [0.05, 0.1) is 22.1 Å². The van der Waals surface area contributed by atoms with Gasteiger partial charge in [0.15, 0.2) is 0 Å². The summed E-state index contributed by atoms with van der Waals surface area (Å²) < 4.78 is 10.7. The Kier molecular flexibility index (Phi) is 5.88. The molecule has 0 aliphatic heterocycles. The van der Waals surface area contributed by atoms with E-state index in [4.69, 9.17) is 4.42 Å². The molecule has 59 heavy (non-hydrogen) atoms. The Morgan fingerprint density at radius 2 is 0.898 bits per heavy atom. The fraction of sp³-hybridized carbons (Fsp3) is 0. The van der Waals surface area contributed by atoms with Gasteiger partial charge in [-0.2, -0.15) is 0 Å². The van der Waals surface area contributed by atoms with Crippen LogP contribution < -0.4 is 5.56 Å². The molecule has 14 rings (SSSR count). The van der Waals surface area contributed by atoms with Gasteiger partial charge in [-0.25, -0.2) is 0 Å². The standard InChI is InChI=1S/C55H30N2O2/c58-55-41-13-4-3-12-36(41)39-16-9-17-40-46-29-32(21-25-48(46)57(55)54(39)40)31-20-23-37-34-10-1-2-11-35(34)38-24-22-33(30-45(38)44(37)28-31)56-47-18-7-5-14-42(47)52-49(56)26-27-51-53(52)43-15-6-8-19-50(43)59-51/h1-30H. The first-order chi connectivity index (χ1) is 29.2. The molecule has 10 aromatic carbocycles. The molecule has 4 heteroatoms. The zero-order valence-electron chi connectivity index (χ0n) is 31.5. The third-order valence-corrected chi connectivity index (χ3v) is 13.0. The lowest BCUT2D eigenvalue weighted by Crippen LogP contribution is -2.12. The summed E-state index contributed by atoms with van der Waals surface area (Å²) in [6.45, 7) is 0. The first-order valence-electron chi connectivity index (χ1n) is 20.1. The van der Waals surface area contributed by atoms with E-state index >= 15 is 0 Å². The molecule has 0 unspecified atom stereocenters. The molecule has 14 aromatic rings. The molecule has 0 bridgehead atoms. The lowest BCUT2D eigenvalue weighted by atomic mass is 9.91. The summed E-state index contributed by atoms with van der Waals surface area (Å²) in [5.74, 6) is 0. The van der Waals surface area contributed by atoms with E-state index in [-0.39, 0.29) is 5.56 Å². The Morgan fingerprint density at radius 1 is 0.339 bits per heavy atom. The largest absolute Gasteiger partial charge is 0.456 e. The summed E-state index contributed by atoms with van der Waals surface area (Å²) >= 11 is 0. The molecule has 0 atom stereocenters. The summed E-state index contributed by atoms with van der Waals surface area (Å²) in [4.78, 5) is 14.0. The highest BCUT2D eigenvalue weighted by molar-refractivity contribution is 6.29. The molecule has 0 saturated carbocycles. The number of para-hydroxylation sites is 3. The summed E-state index contributed by atoms with van der Waals surface area (Å²) in [5, 5.41) is 17.0. The van der Waals surface area contributed by atoms with Crippen molar-refractivity contribution in [3.05, 3.63) is 192 Å². The highest BCUT2D eigenvalue weighted by Gasteiger charge is 2.21. The fourth-order valence-corrected chi connectivity index (χ4v) is 10.5. The smallest absolute Gasteiger partial charge is 0.263 e. The maximum absolute atomic E-state index is 14.0. The van der Waals surface area contributed by atoms with Gasteiger partial charge in [0.2, 0.25) is 0 Å². The molecule has 4 nitrogen and oxygen atoms in total. The molecule has 0 fully saturated rings. The molecule has 0 amide bonds. The normalized spacial score (nSPS) is 12.5. The van der Waals surface area contributed by atoms with Gasteiger partial charge in [0.25, 0.3) is 5.56 Å². The zero-order valence-corrected chi connectivity index (χ0v) is 31.5. The van der Waals surface area contributed by atoms with Gasteiger partial charge in [-0.15, -0.1) is 0 Å². The van der Waals surface area contributed by atoms with Crippen LogP contribution in [0.3, 0.4) is 0 Å². The second kappa shape index (κ2) is 11.1. The number of rotatable bonds is 2. The van der Waals surface area contributed by atoms with E-state index in [1.807, 2.05) is 28.7 Å². The third-order valence-electron chi connectivity index (χ3n) is 13.0. The van der Waals surface area contributed by atoms with Gasteiger partial charge in [0.1, 0.15) is 11.2 Å². The highest BCUT2D eigenvalue weighted by Crippen LogP contribution is 2.44. The minimum Gasteiger partial charge on any atom is -0.456 e. The number of hydrogen-bond acceptors (Lipinski definition) is 2. The molecular weight excluding hydrogens is 721 g/mol. The monoisotopic (exact) mass is 750 g/mol. The van der Waals surface area contributed by atoms with Crippen LogP contribution in [0, 0.1) is 0 Å². The first-order valence-corrected chi connectivity index (χ1v) is 20.1. The van der Waals surface area contributed by atoms with Crippen molar-refractivity contribution in [2.75, 3.05) is 0 Å². The van der Waals surface area contributed by atoms with Crippen molar-refractivity contribution in [2.45, 2.75) is 0 Å². The van der Waals surface area contributed by atoms with Crippen LogP contribution in [-0.2, 0) is 0 Å². The van der Waals surface area contributed by atoms with E-state index in [0.29, 0.717) is 0 Å². The predicted molar refractivity (Wildman–Crippen MR) is 247 cm³/mol. The summed E-state index contributed by atoms with van der Waals surface area (Å²) in [6.07, 6.45) is 0.